The number of hydrogen-bond acceptors (Lipinski definition) is 3. The fourth-order valence-corrected chi connectivity index (χ4v) is 1.83. The van der Waals surface area contributed by atoms with Crippen molar-refractivity contribution >= 4 is 11.7 Å². The summed E-state index contributed by atoms with van der Waals surface area (Å²) in [6, 6.07) is 5.41. The lowest BCUT2D eigenvalue weighted by molar-refractivity contribution is -0.119. The highest BCUT2D eigenvalue weighted by molar-refractivity contribution is 6.07. The van der Waals surface area contributed by atoms with Crippen LogP contribution in [-0.4, -0.2) is 17.3 Å². The number of Topliss-reactive ketones (excluding diaryl/α,β-unsaturated/α-hetero) is 1. The quantitative estimate of drug-likeness (QED) is 0.845. The highest BCUT2D eigenvalue weighted by Gasteiger charge is 2.39. The van der Waals surface area contributed by atoms with Gasteiger partial charge in [-0.2, -0.15) is 0 Å². The molecule has 4 heteroatoms. The zero-order valence-corrected chi connectivity index (χ0v) is 10.2. The van der Waals surface area contributed by atoms with Crippen LogP contribution in [0.4, 0.5) is 0 Å². The number of benzene rings is 1. The van der Waals surface area contributed by atoms with Gasteiger partial charge in [0.1, 0.15) is 5.75 Å². The van der Waals surface area contributed by atoms with Gasteiger partial charge in [0, 0.05) is 13.5 Å². The largest absolute Gasteiger partial charge is 0.479 e. The number of carbonyl (C=O) groups excluding carboxylic acids is 2. The summed E-state index contributed by atoms with van der Waals surface area (Å²) in [5.41, 5.74) is 0.709. The smallest absolute Gasteiger partial charge is 0.217 e. The van der Waals surface area contributed by atoms with Crippen molar-refractivity contribution in [2.24, 2.45) is 0 Å². The van der Waals surface area contributed by atoms with E-state index in [0.717, 1.165) is 5.56 Å². The van der Waals surface area contributed by atoms with Crippen LogP contribution in [0.25, 0.3) is 0 Å². The van der Waals surface area contributed by atoms with Crippen molar-refractivity contribution in [2.75, 3.05) is 0 Å². The van der Waals surface area contributed by atoms with Gasteiger partial charge in [-0.25, -0.2) is 0 Å². The van der Waals surface area contributed by atoms with Crippen molar-refractivity contribution in [3.05, 3.63) is 29.3 Å². The fraction of sp³-hybridized carbons (Fsp3) is 0.385. The van der Waals surface area contributed by atoms with Gasteiger partial charge in [-0.1, -0.05) is 6.07 Å². The summed E-state index contributed by atoms with van der Waals surface area (Å²) in [5, 5.41) is 2.70. The molecule has 90 valence electrons. The molecule has 1 aromatic rings. The first-order valence-electron chi connectivity index (χ1n) is 5.51. The first kappa shape index (κ1) is 11.6. The lowest BCUT2D eigenvalue weighted by atomic mass is 9.98. The van der Waals surface area contributed by atoms with E-state index in [1.165, 1.54) is 6.92 Å². The average molecular weight is 233 g/mol. The van der Waals surface area contributed by atoms with E-state index in [1.807, 2.05) is 6.07 Å². The van der Waals surface area contributed by atoms with Gasteiger partial charge >= 0.3 is 0 Å². The van der Waals surface area contributed by atoms with Crippen LogP contribution in [0.15, 0.2) is 18.2 Å². The molecule has 0 radical (unpaired) electrons. The van der Waals surface area contributed by atoms with Crippen LogP contribution in [0.3, 0.4) is 0 Å². The third kappa shape index (κ3) is 2.16. The van der Waals surface area contributed by atoms with Gasteiger partial charge in [0.2, 0.25) is 11.7 Å². The van der Waals surface area contributed by atoms with Crippen LogP contribution >= 0.6 is 0 Å². The summed E-state index contributed by atoms with van der Waals surface area (Å²) in [6.45, 7) is 5.40. The fourth-order valence-electron chi connectivity index (χ4n) is 1.83. The number of ketones is 1. The van der Waals surface area contributed by atoms with E-state index in [-0.39, 0.29) is 11.7 Å². The van der Waals surface area contributed by atoms with Gasteiger partial charge in [0.05, 0.1) is 5.56 Å². The zero-order valence-electron chi connectivity index (χ0n) is 10.2. The second-order valence-electron chi connectivity index (χ2n) is 4.68. The molecule has 0 atom stereocenters. The van der Waals surface area contributed by atoms with Gasteiger partial charge in [-0.05, 0) is 31.5 Å². The molecule has 4 nitrogen and oxygen atoms in total. The molecule has 0 aromatic heterocycles. The SMILES string of the molecule is CC(=O)NCc1ccc2c(c1)C(=O)C(C)(C)O2. The first-order chi connectivity index (χ1) is 7.90. The number of ether oxygens (including phenoxy) is 1. The van der Waals surface area contributed by atoms with Crippen LogP contribution in [0, 0.1) is 0 Å². The molecular weight excluding hydrogens is 218 g/mol. The summed E-state index contributed by atoms with van der Waals surface area (Å²) in [7, 11) is 0. The molecule has 0 fully saturated rings. The normalized spacial score (nSPS) is 16.3. The molecule has 1 aliphatic heterocycles. The summed E-state index contributed by atoms with van der Waals surface area (Å²) in [4.78, 5) is 22.8. The van der Waals surface area contributed by atoms with Crippen molar-refractivity contribution in [1.82, 2.24) is 5.32 Å². The number of nitrogens with one attached hydrogen (secondary N) is 1. The van der Waals surface area contributed by atoms with E-state index >= 15 is 0 Å². The summed E-state index contributed by atoms with van der Waals surface area (Å²) in [6.07, 6.45) is 0. The zero-order chi connectivity index (χ0) is 12.6. The Morgan fingerprint density at radius 1 is 1.41 bits per heavy atom. The molecule has 1 heterocycles. The van der Waals surface area contributed by atoms with Crippen LogP contribution in [0.2, 0.25) is 0 Å². The van der Waals surface area contributed by atoms with E-state index < -0.39 is 5.60 Å². The van der Waals surface area contributed by atoms with Crippen LogP contribution < -0.4 is 10.1 Å². The maximum Gasteiger partial charge on any atom is 0.217 e. The molecule has 1 N–H and O–H groups in total. The Kier molecular flexibility index (Phi) is 2.65. The number of rotatable bonds is 2. The highest BCUT2D eigenvalue weighted by Crippen LogP contribution is 2.35. The third-order valence-electron chi connectivity index (χ3n) is 2.74. The predicted molar refractivity (Wildman–Crippen MR) is 63.0 cm³/mol. The lowest BCUT2D eigenvalue weighted by Gasteiger charge is -2.14. The average Bonchev–Trinajstić information content (AvgIpc) is 2.47. The Bertz CT molecular complexity index is 491. The summed E-state index contributed by atoms with van der Waals surface area (Å²) < 4.78 is 5.55. The van der Waals surface area contributed by atoms with Gasteiger partial charge in [0.25, 0.3) is 0 Å². The minimum atomic E-state index is -0.783. The monoisotopic (exact) mass is 233 g/mol. The van der Waals surface area contributed by atoms with Crippen LogP contribution in [0.5, 0.6) is 5.75 Å². The molecule has 0 saturated heterocycles. The molecule has 0 saturated carbocycles. The maximum atomic E-state index is 12.0. The Balaban J connectivity index is 2.25. The van der Waals surface area contributed by atoms with Crippen LogP contribution in [0.1, 0.15) is 36.7 Å². The number of fused-ring (bicyclic) bond motifs is 1. The molecule has 1 amide bonds. The van der Waals surface area contributed by atoms with E-state index in [4.69, 9.17) is 4.74 Å². The minimum Gasteiger partial charge on any atom is -0.479 e. The summed E-state index contributed by atoms with van der Waals surface area (Å²) >= 11 is 0. The molecule has 2 rings (SSSR count). The topological polar surface area (TPSA) is 55.4 Å². The van der Waals surface area contributed by atoms with Gasteiger partial charge in [-0.3, -0.25) is 9.59 Å². The Morgan fingerprint density at radius 3 is 2.76 bits per heavy atom. The van der Waals surface area contributed by atoms with E-state index in [2.05, 4.69) is 5.32 Å². The molecule has 17 heavy (non-hydrogen) atoms. The predicted octanol–water partition coefficient (Wildman–Crippen LogP) is 1.68. The standard InChI is InChI=1S/C13H15NO3/c1-8(15)14-7-9-4-5-11-10(6-9)12(16)13(2,3)17-11/h4-6H,7H2,1-3H3,(H,14,15). The molecule has 0 bridgehead atoms. The second-order valence-corrected chi connectivity index (χ2v) is 4.68. The van der Waals surface area contributed by atoms with E-state index in [1.54, 1.807) is 26.0 Å². The van der Waals surface area contributed by atoms with Crippen LogP contribution in [-0.2, 0) is 11.3 Å². The van der Waals surface area contributed by atoms with E-state index in [9.17, 15) is 9.59 Å². The van der Waals surface area contributed by atoms with Crippen molar-refractivity contribution in [3.63, 3.8) is 0 Å². The molecule has 0 unspecified atom stereocenters. The van der Waals surface area contributed by atoms with Crippen molar-refractivity contribution < 1.29 is 14.3 Å². The molecule has 1 aromatic carbocycles. The van der Waals surface area contributed by atoms with Gasteiger partial charge in [-0.15, -0.1) is 0 Å². The maximum absolute atomic E-state index is 12.0. The van der Waals surface area contributed by atoms with E-state index in [0.29, 0.717) is 17.9 Å². The number of amides is 1. The van der Waals surface area contributed by atoms with Crippen molar-refractivity contribution in [2.45, 2.75) is 32.9 Å². The molecule has 0 aliphatic carbocycles. The first-order valence-corrected chi connectivity index (χ1v) is 5.51. The van der Waals surface area contributed by atoms with Crippen molar-refractivity contribution in [3.8, 4) is 5.75 Å². The lowest BCUT2D eigenvalue weighted by Crippen LogP contribution is -2.31. The minimum absolute atomic E-state index is 0.0165. The summed E-state index contributed by atoms with van der Waals surface area (Å²) in [5.74, 6) is 0.511. The van der Waals surface area contributed by atoms with Gasteiger partial charge in [0.15, 0.2) is 5.60 Å². The number of carbonyl (C=O) groups is 2. The third-order valence-corrected chi connectivity index (χ3v) is 2.74. The second kappa shape index (κ2) is 3.87. The van der Waals surface area contributed by atoms with Gasteiger partial charge < -0.3 is 10.1 Å². The molecule has 0 spiro atoms. The van der Waals surface area contributed by atoms with Crippen molar-refractivity contribution in [1.29, 1.82) is 0 Å². The Morgan fingerprint density at radius 2 is 2.12 bits per heavy atom. The number of hydrogen-bond donors (Lipinski definition) is 1. The molecule has 1 aliphatic rings. The molecular formula is C13H15NO3. The Labute approximate surface area is 100.0 Å². The highest BCUT2D eigenvalue weighted by atomic mass is 16.5. The Hall–Kier alpha value is -1.84.